The van der Waals surface area contributed by atoms with Crippen LogP contribution in [0.2, 0.25) is 0 Å². The maximum atomic E-state index is 12.1. The third kappa shape index (κ3) is 3.10. The summed E-state index contributed by atoms with van der Waals surface area (Å²) in [4.78, 5) is 15.0. The van der Waals surface area contributed by atoms with Gasteiger partial charge in [0.05, 0.1) is 22.3 Å². The summed E-state index contributed by atoms with van der Waals surface area (Å²) in [6.07, 6.45) is 2.83. The molecule has 0 amide bonds. The Morgan fingerprint density at radius 2 is 2.10 bits per heavy atom. The highest BCUT2D eigenvalue weighted by Crippen LogP contribution is 2.13. The second kappa shape index (κ2) is 5.67. The standard InChI is InChI=1S/C13H11N3O3S/c14-10-11-3-1-4-12(9-11)20(18,19)8-7-16-6-2-5-15-13(16)17/h1-6,9H,7-8H2. The summed E-state index contributed by atoms with van der Waals surface area (Å²) in [5.74, 6) is -0.229. The maximum absolute atomic E-state index is 12.1. The van der Waals surface area contributed by atoms with Crippen molar-refractivity contribution < 1.29 is 8.42 Å². The van der Waals surface area contributed by atoms with Gasteiger partial charge in [-0.1, -0.05) is 6.07 Å². The van der Waals surface area contributed by atoms with Crippen LogP contribution in [0, 0.1) is 11.3 Å². The molecule has 6 nitrogen and oxygen atoms in total. The molecule has 0 aliphatic rings. The van der Waals surface area contributed by atoms with E-state index in [1.807, 2.05) is 6.07 Å². The number of aromatic nitrogens is 2. The number of hydrogen-bond acceptors (Lipinski definition) is 5. The van der Waals surface area contributed by atoms with Gasteiger partial charge in [-0.2, -0.15) is 5.26 Å². The lowest BCUT2D eigenvalue weighted by Gasteiger charge is -2.06. The third-order valence-electron chi connectivity index (χ3n) is 2.71. The molecule has 0 saturated heterocycles. The van der Waals surface area contributed by atoms with E-state index in [2.05, 4.69) is 4.98 Å². The number of nitrogens with zero attached hydrogens (tertiary/aromatic N) is 3. The second-order valence-corrected chi connectivity index (χ2v) is 6.16. The average Bonchev–Trinajstić information content (AvgIpc) is 2.46. The molecule has 102 valence electrons. The van der Waals surface area contributed by atoms with E-state index < -0.39 is 15.5 Å². The average molecular weight is 289 g/mol. The van der Waals surface area contributed by atoms with E-state index in [1.54, 1.807) is 6.07 Å². The van der Waals surface area contributed by atoms with Crippen LogP contribution in [0.1, 0.15) is 5.56 Å². The van der Waals surface area contributed by atoms with Crippen LogP contribution in [0.15, 0.2) is 52.4 Å². The topological polar surface area (TPSA) is 92.8 Å². The number of benzene rings is 1. The molecule has 0 saturated carbocycles. The van der Waals surface area contributed by atoms with E-state index in [4.69, 9.17) is 5.26 Å². The number of hydrogen-bond donors (Lipinski definition) is 0. The molecule has 1 aromatic heterocycles. The Morgan fingerprint density at radius 3 is 2.80 bits per heavy atom. The zero-order valence-electron chi connectivity index (χ0n) is 10.4. The summed E-state index contributed by atoms with van der Waals surface area (Å²) < 4.78 is 25.5. The normalized spacial score (nSPS) is 10.9. The van der Waals surface area contributed by atoms with Crippen molar-refractivity contribution in [1.29, 1.82) is 5.26 Å². The minimum Gasteiger partial charge on any atom is -0.298 e. The van der Waals surface area contributed by atoms with Gasteiger partial charge in [-0.25, -0.2) is 18.2 Å². The zero-order chi connectivity index (χ0) is 14.6. The van der Waals surface area contributed by atoms with Crippen LogP contribution in [-0.4, -0.2) is 23.7 Å². The van der Waals surface area contributed by atoms with Crippen LogP contribution in [0.25, 0.3) is 0 Å². The molecule has 0 atom stereocenters. The van der Waals surface area contributed by atoms with Gasteiger partial charge in [-0.15, -0.1) is 0 Å². The van der Waals surface area contributed by atoms with Gasteiger partial charge < -0.3 is 0 Å². The molecule has 0 N–H and O–H groups in total. The smallest absolute Gasteiger partial charge is 0.298 e. The number of sulfone groups is 1. The monoisotopic (exact) mass is 289 g/mol. The molecule has 0 aliphatic heterocycles. The van der Waals surface area contributed by atoms with Crippen LogP contribution in [0.3, 0.4) is 0 Å². The molecule has 0 unspecified atom stereocenters. The first-order chi connectivity index (χ1) is 9.53. The lowest BCUT2D eigenvalue weighted by molar-refractivity contribution is 0.585. The van der Waals surface area contributed by atoms with Crippen molar-refractivity contribution >= 4 is 9.84 Å². The quantitative estimate of drug-likeness (QED) is 0.821. The van der Waals surface area contributed by atoms with E-state index >= 15 is 0 Å². The predicted molar refractivity (Wildman–Crippen MR) is 71.7 cm³/mol. The summed E-state index contributed by atoms with van der Waals surface area (Å²) >= 11 is 0. The number of rotatable bonds is 4. The third-order valence-corrected chi connectivity index (χ3v) is 4.40. The van der Waals surface area contributed by atoms with Crippen LogP contribution in [0.4, 0.5) is 0 Å². The molecule has 0 bridgehead atoms. The summed E-state index contributed by atoms with van der Waals surface area (Å²) in [5, 5.41) is 8.77. The molecule has 1 aromatic carbocycles. The molecule has 0 spiro atoms. The van der Waals surface area contributed by atoms with Gasteiger partial charge >= 0.3 is 5.69 Å². The molecular formula is C13H11N3O3S. The minimum absolute atomic E-state index is 0.0196. The van der Waals surface area contributed by atoms with Crippen molar-refractivity contribution in [3.63, 3.8) is 0 Å². The lowest BCUT2D eigenvalue weighted by atomic mass is 10.2. The van der Waals surface area contributed by atoms with E-state index in [9.17, 15) is 13.2 Å². The van der Waals surface area contributed by atoms with Crippen molar-refractivity contribution in [3.05, 3.63) is 58.8 Å². The molecule has 0 aliphatic carbocycles. The van der Waals surface area contributed by atoms with Gasteiger partial charge in [-0.3, -0.25) is 4.57 Å². The molecule has 20 heavy (non-hydrogen) atoms. The predicted octanol–water partition coefficient (Wildman–Crippen LogP) is 0.589. The molecule has 1 heterocycles. The SMILES string of the molecule is N#Cc1cccc(S(=O)(=O)CCn2cccnc2=O)c1. The van der Waals surface area contributed by atoms with E-state index in [-0.39, 0.29) is 22.8 Å². The van der Waals surface area contributed by atoms with Crippen LogP contribution < -0.4 is 5.69 Å². The summed E-state index contributed by atoms with van der Waals surface area (Å²) in [6.45, 7) is 0.0196. The van der Waals surface area contributed by atoms with Crippen molar-refractivity contribution in [3.8, 4) is 6.07 Å². The Bertz CT molecular complexity index is 819. The molecule has 0 fully saturated rings. The highest BCUT2D eigenvalue weighted by molar-refractivity contribution is 7.91. The molecule has 7 heteroatoms. The first-order valence-corrected chi connectivity index (χ1v) is 7.42. The molecule has 2 aromatic rings. The Labute approximate surface area is 115 Å². The fourth-order valence-electron chi connectivity index (χ4n) is 1.65. The first kappa shape index (κ1) is 14.0. The van der Waals surface area contributed by atoms with Gasteiger partial charge in [0, 0.05) is 18.9 Å². The van der Waals surface area contributed by atoms with Gasteiger partial charge in [-0.05, 0) is 24.3 Å². The fraction of sp³-hybridized carbons (Fsp3) is 0.154. The number of nitriles is 1. The molecule has 0 radical (unpaired) electrons. The number of aryl methyl sites for hydroxylation is 1. The summed E-state index contributed by atoms with van der Waals surface area (Å²) in [7, 11) is -3.55. The van der Waals surface area contributed by atoms with Crippen molar-refractivity contribution in [2.75, 3.05) is 5.75 Å². The zero-order valence-corrected chi connectivity index (χ0v) is 11.2. The summed E-state index contributed by atoms with van der Waals surface area (Å²) in [6, 6.07) is 9.25. The van der Waals surface area contributed by atoms with Crippen LogP contribution in [0.5, 0.6) is 0 Å². The maximum Gasteiger partial charge on any atom is 0.347 e. The van der Waals surface area contributed by atoms with E-state index in [0.29, 0.717) is 0 Å². The van der Waals surface area contributed by atoms with E-state index in [1.165, 1.54) is 41.2 Å². The molecule has 2 rings (SSSR count). The highest BCUT2D eigenvalue weighted by Gasteiger charge is 2.15. The van der Waals surface area contributed by atoms with Crippen LogP contribution >= 0.6 is 0 Å². The highest BCUT2D eigenvalue weighted by atomic mass is 32.2. The second-order valence-electron chi connectivity index (χ2n) is 4.05. The van der Waals surface area contributed by atoms with Crippen LogP contribution in [-0.2, 0) is 16.4 Å². The van der Waals surface area contributed by atoms with Gasteiger partial charge in [0.25, 0.3) is 0 Å². The lowest BCUT2D eigenvalue weighted by Crippen LogP contribution is -2.25. The fourth-order valence-corrected chi connectivity index (χ4v) is 2.92. The van der Waals surface area contributed by atoms with Gasteiger partial charge in [0.1, 0.15) is 0 Å². The Hall–Kier alpha value is -2.46. The first-order valence-electron chi connectivity index (χ1n) is 5.77. The van der Waals surface area contributed by atoms with E-state index in [0.717, 1.165) is 0 Å². The van der Waals surface area contributed by atoms with Crippen molar-refractivity contribution in [1.82, 2.24) is 9.55 Å². The largest absolute Gasteiger partial charge is 0.347 e. The van der Waals surface area contributed by atoms with Crippen molar-refractivity contribution in [2.24, 2.45) is 0 Å². The Balaban J connectivity index is 2.22. The Kier molecular flexibility index (Phi) is 3.96. The Morgan fingerprint density at radius 1 is 1.30 bits per heavy atom. The minimum atomic E-state index is -3.55. The van der Waals surface area contributed by atoms with Gasteiger partial charge in [0.15, 0.2) is 9.84 Å². The van der Waals surface area contributed by atoms with Crippen molar-refractivity contribution in [2.45, 2.75) is 11.4 Å². The van der Waals surface area contributed by atoms with Gasteiger partial charge in [0.2, 0.25) is 0 Å². The summed E-state index contributed by atoms with van der Waals surface area (Å²) in [5.41, 5.74) is -0.210. The molecular weight excluding hydrogens is 278 g/mol.